The van der Waals surface area contributed by atoms with E-state index in [1.54, 1.807) is 4.90 Å². The number of hydrogen-bond donors (Lipinski definition) is 2. The Hall–Kier alpha value is -3.08. The minimum Gasteiger partial charge on any atom is -0.361 e. The summed E-state index contributed by atoms with van der Waals surface area (Å²) in [5.41, 5.74) is 3.66. The Morgan fingerprint density at radius 3 is 2.73 bits per heavy atom. The number of carbonyl (C=O) groups is 2. The zero-order valence-corrected chi connectivity index (χ0v) is 14.7. The van der Waals surface area contributed by atoms with Gasteiger partial charge in [0, 0.05) is 34.8 Å². The Bertz CT molecular complexity index is 976. The van der Waals surface area contributed by atoms with Crippen LogP contribution in [-0.4, -0.2) is 34.8 Å². The van der Waals surface area contributed by atoms with Gasteiger partial charge in [-0.2, -0.15) is 0 Å². The van der Waals surface area contributed by atoms with Gasteiger partial charge < -0.3 is 15.2 Å². The molecule has 0 radical (unpaired) electrons. The molecule has 0 fully saturated rings. The maximum absolute atomic E-state index is 13.0. The summed E-state index contributed by atoms with van der Waals surface area (Å²) in [6.45, 7) is 2.68. The second kappa shape index (κ2) is 6.67. The average molecular weight is 347 g/mol. The first kappa shape index (κ1) is 16.4. The van der Waals surface area contributed by atoms with E-state index in [-0.39, 0.29) is 24.4 Å². The SMILES string of the molecule is CCCNC(=O)CN1C(=O)c2ccccc2C1c1c[nH]c2ccccc12. The number of hydrogen-bond acceptors (Lipinski definition) is 2. The van der Waals surface area contributed by atoms with E-state index in [9.17, 15) is 9.59 Å². The molecular weight excluding hydrogens is 326 g/mol. The summed E-state index contributed by atoms with van der Waals surface area (Å²) in [5, 5.41) is 3.94. The molecule has 0 aliphatic carbocycles. The summed E-state index contributed by atoms with van der Waals surface area (Å²) in [6, 6.07) is 15.4. The van der Waals surface area contributed by atoms with E-state index in [4.69, 9.17) is 0 Å². The number of nitrogens with one attached hydrogen (secondary N) is 2. The van der Waals surface area contributed by atoms with Crippen molar-refractivity contribution in [3.63, 3.8) is 0 Å². The monoisotopic (exact) mass is 347 g/mol. The lowest BCUT2D eigenvalue weighted by Crippen LogP contribution is -2.39. The van der Waals surface area contributed by atoms with Crippen LogP contribution in [0.2, 0.25) is 0 Å². The molecule has 1 unspecified atom stereocenters. The highest BCUT2D eigenvalue weighted by molar-refractivity contribution is 6.02. The number of benzene rings is 2. The van der Waals surface area contributed by atoms with Crippen LogP contribution in [0.25, 0.3) is 10.9 Å². The molecule has 0 saturated carbocycles. The Labute approximate surface area is 152 Å². The zero-order chi connectivity index (χ0) is 18.1. The Balaban J connectivity index is 1.77. The van der Waals surface area contributed by atoms with Crippen LogP contribution in [0.4, 0.5) is 0 Å². The summed E-state index contributed by atoms with van der Waals surface area (Å²) >= 11 is 0. The largest absolute Gasteiger partial charge is 0.361 e. The van der Waals surface area contributed by atoms with Gasteiger partial charge in [0.2, 0.25) is 5.91 Å². The van der Waals surface area contributed by atoms with Crippen molar-refractivity contribution < 1.29 is 9.59 Å². The normalized spacial score (nSPS) is 16.1. The molecule has 5 heteroatoms. The molecule has 0 saturated heterocycles. The number of carbonyl (C=O) groups excluding carboxylic acids is 2. The molecule has 1 aliphatic heterocycles. The second-order valence-corrected chi connectivity index (χ2v) is 6.56. The molecule has 1 atom stereocenters. The minimum atomic E-state index is -0.262. The molecule has 2 heterocycles. The lowest BCUT2D eigenvalue weighted by molar-refractivity contribution is -0.122. The topological polar surface area (TPSA) is 65.2 Å². The van der Waals surface area contributed by atoms with E-state index < -0.39 is 0 Å². The maximum atomic E-state index is 13.0. The van der Waals surface area contributed by atoms with Crippen LogP contribution in [0.3, 0.4) is 0 Å². The number of para-hydroxylation sites is 1. The number of fused-ring (bicyclic) bond motifs is 2. The summed E-state index contributed by atoms with van der Waals surface area (Å²) in [6.07, 6.45) is 2.81. The standard InChI is InChI=1S/C21H21N3O2/c1-2-11-22-19(25)13-24-20(15-8-3-4-9-16(15)21(24)26)17-12-23-18-10-6-5-7-14(17)18/h3-10,12,20,23H,2,11,13H2,1H3,(H,22,25). The number of aromatic amines is 1. The van der Waals surface area contributed by atoms with Gasteiger partial charge in [0.05, 0.1) is 6.04 Å². The third-order valence-electron chi connectivity index (χ3n) is 4.86. The van der Waals surface area contributed by atoms with E-state index in [0.29, 0.717) is 12.1 Å². The Kier molecular flexibility index (Phi) is 4.21. The van der Waals surface area contributed by atoms with Gasteiger partial charge in [0.1, 0.15) is 6.54 Å². The highest BCUT2D eigenvalue weighted by Crippen LogP contribution is 2.40. The molecule has 5 nitrogen and oxygen atoms in total. The molecule has 2 amide bonds. The Morgan fingerprint density at radius 1 is 1.12 bits per heavy atom. The summed E-state index contributed by atoms with van der Waals surface area (Å²) in [4.78, 5) is 30.3. The van der Waals surface area contributed by atoms with Crippen LogP contribution >= 0.6 is 0 Å². The van der Waals surface area contributed by atoms with Crippen molar-refractivity contribution in [1.82, 2.24) is 15.2 Å². The van der Waals surface area contributed by atoms with Crippen molar-refractivity contribution >= 4 is 22.7 Å². The lowest BCUT2D eigenvalue weighted by atomic mass is 9.97. The molecule has 1 aromatic heterocycles. The van der Waals surface area contributed by atoms with Crippen LogP contribution in [0.15, 0.2) is 54.7 Å². The highest BCUT2D eigenvalue weighted by atomic mass is 16.2. The lowest BCUT2D eigenvalue weighted by Gasteiger charge is -2.25. The summed E-state index contributed by atoms with van der Waals surface area (Å²) in [7, 11) is 0. The molecule has 26 heavy (non-hydrogen) atoms. The van der Waals surface area contributed by atoms with Crippen molar-refractivity contribution in [3.05, 3.63) is 71.4 Å². The van der Waals surface area contributed by atoms with Crippen molar-refractivity contribution in [3.8, 4) is 0 Å². The van der Waals surface area contributed by atoms with Crippen LogP contribution < -0.4 is 5.32 Å². The quantitative estimate of drug-likeness (QED) is 0.744. The van der Waals surface area contributed by atoms with Crippen molar-refractivity contribution in [2.75, 3.05) is 13.1 Å². The summed E-state index contributed by atoms with van der Waals surface area (Å²) in [5.74, 6) is -0.222. The van der Waals surface area contributed by atoms with Crippen LogP contribution in [0.5, 0.6) is 0 Å². The first-order chi connectivity index (χ1) is 12.7. The molecule has 4 rings (SSSR count). The predicted octanol–water partition coefficient (Wildman–Crippen LogP) is 3.24. The molecule has 132 valence electrons. The third kappa shape index (κ3) is 2.65. The smallest absolute Gasteiger partial charge is 0.255 e. The van der Waals surface area contributed by atoms with Crippen LogP contribution in [0, 0.1) is 0 Å². The maximum Gasteiger partial charge on any atom is 0.255 e. The molecular formula is C21H21N3O2. The average Bonchev–Trinajstić information content (AvgIpc) is 3.20. The van der Waals surface area contributed by atoms with Crippen molar-refractivity contribution in [1.29, 1.82) is 0 Å². The van der Waals surface area contributed by atoms with Crippen LogP contribution in [-0.2, 0) is 4.79 Å². The number of amides is 2. The number of nitrogens with zero attached hydrogens (tertiary/aromatic N) is 1. The molecule has 1 aliphatic rings. The fourth-order valence-electron chi connectivity index (χ4n) is 3.66. The van der Waals surface area contributed by atoms with Crippen molar-refractivity contribution in [2.24, 2.45) is 0 Å². The number of rotatable bonds is 5. The molecule has 2 aromatic carbocycles. The van der Waals surface area contributed by atoms with Gasteiger partial charge in [-0.3, -0.25) is 9.59 Å². The number of aromatic nitrogens is 1. The molecule has 0 bridgehead atoms. The van der Waals surface area contributed by atoms with Gasteiger partial charge in [-0.15, -0.1) is 0 Å². The van der Waals surface area contributed by atoms with Gasteiger partial charge in [0.25, 0.3) is 5.91 Å². The molecule has 2 N–H and O–H groups in total. The van der Waals surface area contributed by atoms with Gasteiger partial charge in [0.15, 0.2) is 0 Å². The minimum absolute atomic E-state index is 0.0533. The highest BCUT2D eigenvalue weighted by Gasteiger charge is 2.39. The van der Waals surface area contributed by atoms with Crippen LogP contribution in [0.1, 0.15) is 40.9 Å². The van der Waals surface area contributed by atoms with E-state index in [0.717, 1.165) is 28.5 Å². The van der Waals surface area contributed by atoms with Gasteiger partial charge in [-0.25, -0.2) is 0 Å². The second-order valence-electron chi connectivity index (χ2n) is 6.56. The van der Waals surface area contributed by atoms with E-state index in [1.165, 1.54) is 0 Å². The Morgan fingerprint density at radius 2 is 1.88 bits per heavy atom. The predicted molar refractivity (Wildman–Crippen MR) is 101 cm³/mol. The van der Waals surface area contributed by atoms with E-state index in [2.05, 4.69) is 10.3 Å². The van der Waals surface area contributed by atoms with E-state index >= 15 is 0 Å². The first-order valence-electron chi connectivity index (χ1n) is 8.93. The fraction of sp³-hybridized carbons (Fsp3) is 0.238. The van der Waals surface area contributed by atoms with Gasteiger partial charge in [-0.05, 0) is 24.1 Å². The van der Waals surface area contributed by atoms with Crippen molar-refractivity contribution in [2.45, 2.75) is 19.4 Å². The molecule has 0 spiro atoms. The van der Waals surface area contributed by atoms with E-state index in [1.807, 2.05) is 61.7 Å². The molecule has 3 aromatic rings. The number of H-pyrrole nitrogens is 1. The fourth-order valence-corrected chi connectivity index (χ4v) is 3.66. The summed E-state index contributed by atoms with van der Waals surface area (Å²) < 4.78 is 0. The van der Waals surface area contributed by atoms with Gasteiger partial charge >= 0.3 is 0 Å². The first-order valence-corrected chi connectivity index (χ1v) is 8.93. The third-order valence-corrected chi connectivity index (χ3v) is 4.86. The van der Waals surface area contributed by atoms with Gasteiger partial charge in [-0.1, -0.05) is 43.3 Å². The zero-order valence-electron chi connectivity index (χ0n) is 14.7.